The molecule has 12 nitrogen and oxygen atoms in total. The van der Waals surface area contributed by atoms with E-state index < -0.39 is 61.8 Å². The van der Waals surface area contributed by atoms with Gasteiger partial charge < -0.3 is 19.4 Å². The lowest BCUT2D eigenvalue weighted by molar-refractivity contribution is -0.139. The second kappa shape index (κ2) is 13.2. The molecule has 278 valence electrons. The van der Waals surface area contributed by atoms with Gasteiger partial charge in [0.15, 0.2) is 5.82 Å². The number of aromatic nitrogens is 2. The Bertz CT molecular complexity index is 2270. The average Bonchev–Trinajstić information content (AvgIpc) is 3.95. The number of nitrogens with one attached hydrogen (secondary N) is 2. The predicted molar refractivity (Wildman–Crippen MR) is 190 cm³/mol. The van der Waals surface area contributed by atoms with Gasteiger partial charge in [-0.25, -0.2) is 22.2 Å². The molecule has 3 amide bonds. The van der Waals surface area contributed by atoms with Crippen LogP contribution in [0.25, 0.3) is 33.5 Å². The van der Waals surface area contributed by atoms with Crippen molar-refractivity contribution in [2.75, 3.05) is 6.54 Å². The summed E-state index contributed by atoms with van der Waals surface area (Å²) in [5.41, 5.74) is -0.301. The Hall–Kier alpha value is -4.92. The maximum absolute atomic E-state index is 14.4. The molecule has 2 aromatic heterocycles. The van der Waals surface area contributed by atoms with Crippen LogP contribution in [0.3, 0.4) is 0 Å². The van der Waals surface area contributed by atoms with Crippen LogP contribution >= 0.6 is 0 Å². The highest BCUT2D eigenvalue weighted by molar-refractivity contribution is 7.91. The van der Waals surface area contributed by atoms with Crippen LogP contribution in [-0.2, 0) is 24.4 Å². The highest BCUT2D eigenvalue weighted by Gasteiger charge is 2.63. The number of halogens is 2. The van der Waals surface area contributed by atoms with Crippen LogP contribution in [0.1, 0.15) is 71.1 Å². The number of ether oxygens (including phenoxy) is 1. The van der Waals surface area contributed by atoms with Gasteiger partial charge in [0.25, 0.3) is 11.8 Å². The minimum Gasteiger partial charge on any atom is -0.470 e. The van der Waals surface area contributed by atoms with Gasteiger partial charge in [-0.15, -0.1) is 0 Å². The Kier molecular flexibility index (Phi) is 8.74. The summed E-state index contributed by atoms with van der Waals surface area (Å²) < 4.78 is 68.0. The third kappa shape index (κ3) is 6.64. The number of nitrogens with zero attached hydrogens (tertiary/aromatic N) is 3. The van der Waals surface area contributed by atoms with Gasteiger partial charge in [-0.05, 0) is 87.9 Å². The van der Waals surface area contributed by atoms with Crippen LogP contribution < -0.4 is 14.8 Å². The van der Waals surface area contributed by atoms with Crippen molar-refractivity contribution >= 4 is 49.8 Å². The second-order valence-corrected chi connectivity index (χ2v) is 17.1. The van der Waals surface area contributed by atoms with Gasteiger partial charge in [-0.3, -0.25) is 19.1 Å². The second-order valence-electron chi connectivity index (χ2n) is 14.9. The van der Waals surface area contributed by atoms with E-state index >= 15 is 0 Å². The number of carbonyl (C=O) groups is 3. The summed E-state index contributed by atoms with van der Waals surface area (Å²) in [6.45, 7) is 1.60. The summed E-state index contributed by atoms with van der Waals surface area (Å²) in [4.78, 5) is 52.3. The molecule has 0 radical (unpaired) electrons. The molecular weight excluding hydrogens is 709 g/mol. The topological polar surface area (TPSA) is 161 Å². The highest BCUT2D eigenvalue weighted by atomic mass is 32.2. The normalized spacial score (nSPS) is 26.5. The standard InChI is InChI=1S/C38H39F2N5O7S/c1-37(16-17-37)53(49,50)44-36(48)38-20-23(38)8-6-4-2-3-5-7-9-30(46)45-21-26(19-28(45)34(47)43-38)51-35-32-31(27-18-25(40)14-15-29(27)52-32)41-33(42-35)22-10-12-24(39)13-11-22/h6,8,10-15,18,23,26,28H,2-5,7,9,16-17,19-21H2,1H3,(H,43,47)(H,44,48)/b8-6-/t23-,26-,28+,38-/m1/s1. The van der Waals surface area contributed by atoms with Crippen molar-refractivity contribution in [3.63, 3.8) is 0 Å². The molecule has 15 heteroatoms. The number of carbonyl (C=O) groups excluding carboxylic acids is 3. The molecule has 4 atom stereocenters. The van der Waals surface area contributed by atoms with Crippen molar-refractivity contribution in [1.29, 1.82) is 0 Å². The molecule has 1 saturated heterocycles. The molecule has 53 heavy (non-hydrogen) atoms. The third-order valence-electron chi connectivity index (χ3n) is 11.0. The van der Waals surface area contributed by atoms with Gasteiger partial charge in [0.05, 0.1) is 11.3 Å². The maximum Gasteiger partial charge on any atom is 0.262 e. The lowest BCUT2D eigenvalue weighted by Gasteiger charge is -2.27. The number of amides is 3. The van der Waals surface area contributed by atoms with Crippen LogP contribution in [0.15, 0.2) is 59.0 Å². The zero-order valence-electron chi connectivity index (χ0n) is 29.1. The smallest absolute Gasteiger partial charge is 0.262 e. The zero-order valence-corrected chi connectivity index (χ0v) is 29.9. The summed E-state index contributed by atoms with van der Waals surface area (Å²) in [5, 5.41) is 3.24. The summed E-state index contributed by atoms with van der Waals surface area (Å²) in [7, 11) is -3.98. The highest BCUT2D eigenvalue weighted by Crippen LogP contribution is 2.47. The van der Waals surface area contributed by atoms with E-state index in [0.29, 0.717) is 35.8 Å². The van der Waals surface area contributed by atoms with Gasteiger partial charge >= 0.3 is 0 Å². The van der Waals surface area contributed by atoms with E-state index in [4.69, 9.17) is 9.15 Å². The van der Waals surface area contributed by atoms with Gasteiger partial charge in [-0.1, -0.05) is 25.0 Å². The van der Waals surface area contributed by atoms with E-state index in [1.165, 1.54) is 47.4 Å². The Labute approximate surface area is 304 Å². The molecular formula is C38H39F2N5O7S. The zero-order chi connectivity index (χ0) is 37.1. The molecule has 2 aromatic carbocycles. The molecule has 4 heterocycles. The number of sulfonamides is 1. The quantitative estimate of drug-likeness (QED) is 0.245. The summed E-state index contributed by atoms with van der Waals surface area (Å²) in [5.74, 6) is -2.86. The number of allylic oxidation sites excluding steroid dienone is 1. The molecule has 0 spiro atoms. The first-order chi connectivity index (χ1) is 25.4. The van der Waals surface area contributed by atoms with Crippen LogP contribution in [0.5, 0.6) is 5.88 Å². The van der Waals surface area contributed by atoms with Crippen molar-refractivity contribution in [1.82, 2.24) is 24.9 Å². The molecule has 2 N–H and O–H groups in total. The summed E-state index contributed by atoms with van der Waals surface area (Å²) in [6, 6.07) is 8.48. The largest absolute Gasteiger partial charge is 0.470 e. The van der Waals surface area contributed by atoms with Crippen molar-refractivity contribution in [3.05, 3.63) is 66.3 Å². The van der Waals surface area contributed by atoms with Crippen molar-refractivity contribution in [2.45, 2.75) is 93.6 Å². The fourth-order valence-electron chi connectivity index (χ4n) is 7.33. The van der Waals surface area contributed by atoms with Gasteiger partial charge in [0.2, 0.25) is 27.4 Å². The summed E-state index contributed by atoms with van der Waals surface area (Å²) in [6.07, 6.45) is 8.40. The number of benzene rings is 2. The summed E-state index contributed by atoms with van der Waals surface area (Å²) >= 11 is 0. The minimum absolute atomic E-state index is 0.00597. The van der Waals surface area contributed by atoms with E-state index in [1.807, 2.05) is 12.2 Å². The van der Waals surface area contributed by atoms with Crippen LogP contribution in [0, 0.1) is 17.6 Å². The molecule has 2 saturated carbocycles. The molecule has 4 aliphatic rings. The Morgan fingerprint density at radius 1 is 1.04 bits per heavy atom. The van der Waals surface area contributed by atoms with E-state index in [9.17, 15) is 31.6 Å². The van der Waals surface area contributed by atoms with Gasteiger partial charge in [0, 0.05) is 29.7 Å². The van der Waals surface area contributed by atoms with Crippen LogP contribution in [0.2, 0.25) is 0 Å². The molecule has 4 aromatic rings. The molecule has 2 aliphatic carbocycles. The fraction of sp³-hybridized carbons (Fsp3) is 0.447. The first-order valence-electron chi connectivity index (χ1n) is 18.0. The number of hydrogen-bond acceptors (Lipinski definition) is 9. The van der Waals surface area contributed by atoms with Gasteiger partial charge in [-0.2, -0.15) is 4.98 Å². The molecule has 0 unspecified atom stereocenters. The van der Waals surface area contributed by atoms with Crippen LogP contribution in [0.4, 0.5) is 8.78 Å². The number of hydrogen-bond donors (Lipinski definition) is 2. The first kappa shape index (κ1) is 35.1. The Morgan fingerprint density at radius 3 is 2.57 bits per heavy atom. The van der Waals surface area contributed by atoms with E-state index in [1.54, 1.807) is 6.92 Å². The van der Waals surface area contributed by atoms with Crippen molar-refractivity contribution in [2.24, 2.45) is 5.92 Å². The number of fused-ring (bicyclic) bond motifs is 5. The van der Waals surface area contributed by atoms with Crippen molar-refractivity contribution in [3.8, 4) is 17.3 Å². The monoisotopic (exact) mass is 747 g/mol. The molecule has 2 aliphatic heterocycles. The average molecular weight is 748 g/mol. The Balaban J connectivity index is 1.11. The number of rotatable bonds is 6. The van der Waals surface area contributed by atoms with E-state index in [2.05, 4.69) is 20.0 Å². The fourth-order valence-corrected chi connectivity index (χ4v) is 8.64. The molecule has 3 fully saturated rings. The van der Waals surface area contributed by atoms with E-state index in [0.717, 1.165) is 25.7 Å². The number of furan rings is 1. The Morgan fingerprint density at radius 2 is 1.79 bits per heavy atom. The van der Waals surface area contributed by atoms with E-state index in [-0.39, 0.29) is 54.5 Å². The SMILES string of the molecule is CC1(S(=O)(=O)NC(=O)[C@@]23C[C@H]2/C=C\CCCCCCC(=O)N2C[C@H](Oc4nc(-c5ccc(F)cc5)nc5c4oc4ccc(F)cc45)C[C@H]2C(=O)N3)CC1. The predicted octanol–water partition coefficient (Wildman–Crippen LogP) is 5.45. The minimum atomic E-state index is -3.98. The maximum atomic E-state index is 14.4. The molecule has 0 bridgehead atoms. The first-order valence-corrected chi connectivity index (χ1v) is 19.5. The van der Waals surface area contributed by atoms with Crippen LogP contribution in [-0.4, -0.2) is 70.0 Å². The lowest BCUT2D eigenvalue weighted by atomic mass is 10.1. The third-order valence-corrected chi connectivity index (χ3v) is 13.1. The molecule has 8 rings (SSSR count). The lowest BCUT2D eigenvalue weighted by Crippen LogP contribution is -2.57. The van der Waals surface area contributed by atoms with Gasteiger partial charge in [0.1, 0.15) is 40.4 Å². The van der Waals surface area contributed by atoms with Crippen molar-refractivity contribution < 1.29 is 40.7 Å².